The van der Waals surface area contributed by atoms with Crippen molar-refractivity contribution < 1.29 is 30.8 Å². The standard InChI is InChI=1S/C25H27FN2O6S2/c1-4-34-22-11-9-21(10-12-22)28(36(32,33)24-15-7-20(26)8-16-24)17-25(29)27-18(2)19-5-13-23(14-6-19)35(3,30)31/h5-16,18H,4,17H2,1-3H3,(H,27,29). The van der Waals surface area contributed by atoms with E-state index in [0.29, 0.717) is 17.9 Å². The minimum absolute atomic E-state index is 0.150. The van der Waals surface area contributed by atoms with Crippen molar-refractivity contribution in [3.63, 3.8) is 0 Å². The van der Waals surface area contributed by atoms with E-state index in [0.717, 1.165) is 34.8 Å². The van der Waals surface area contributed by atoms with Gasteiger partial charge in [-0.15, -0.1) is 0 Å². The van der Waals surface area contributed by atoms with Crippen LogP contribution in [0.2, 0.25) is 0 Å². The van der Waals surface area contributed by atoms with Gasteiger partial charge >= 0.3 is 0 Å². The van der Waals surface area contributed by atoms with E-state index >= 15 is 0 Å². The predicted octanol–water partition coefficient (Wildman–Crippen LogP) is 3.70. The van der Waals surface area contributed by atoms with Crippen LogP contribution in [0, 0.1) is 5.82 Å². The van der Waals surface area contributed by atoms with Crippen molar-refractivity contribution in [2.24, 2.45) is 0 Å². The molecule has 0 aliphatic carbocycles. The van der Waals surface area contributed by atoms with Gasteiger partial charge in [0.1, 0.15) is 18.1 Å². The Morgan fingerprint density at radius 3 is 2.00 bits per heavy atom. The van der Waals surface area contributed by atoms with Gasteiger partial charge in [0.15, 0.2) is 9.84 Å². The Morgan fingerprint density at radius 1 is 0.917 bits per heavy atom. The van der Waals surface area contributed by atoms with Crippen LogP contribution in [-0.2, 0) is 24.7 Å². The second-order valence-corrected chi connectivity index (χ2v) is 11.9. The van der Waals surface area contributed by atoms with Gasteiger partial charge < -0.3 is 10.1 Å². The van der Waals surface area contributed by atoms with Gasteiger partial charge in [0.25, 0.3) is 10.0 Å². The molecule has 0 heterocycles. The quantitative estimate of drug-likeness (QED) is 0.425. The first-order chi connectivity index (χ1) is 16.9. The summed E-state index contributed by atoms with van der Waals surface area (Å²) in [4.78, 5) is 12.9. The Bertz CT molecular complexity index is 1410. The average molecular weight is 535 g/mol. The van der Waals surface area contributed by atoms with Crippen molar-refractivity contribution in [3.8, 4) is 5.75 Å². The molecule has 1 atom stereocenters. The zero-order valence-electron chi connectivity index (χ0n) is 20.0. The molecule has 1 N–H and O–H groups in total. The SMILES string of the molecule is CCOc1ccc(N(CC(=O)NC(C)c2ccc(S(C)(=O)=O)cc2)S(=O)(=O)c2ccc(F)cc2)cc1. The monoisotopic (exact) mass is 534 g/mol. The largest absolute Gasteiger partial charge is 0.494 e. The number of sulfonamides is 1. The van der Waals surface area contributed by atoms with E-state index in [2.05, 4.69) is 5.32 Å². The Morgan fingerprint density at radius 2 is 1.47 bits per heavy atom. The first-order valence-electron chi connectivity index (χ1n) is 11.0. The van der Waals surface area contributed by atoms with Gasteiger partial charge in [-0.1, -0.05) is 12.1 Å². The number of halogens is 1. The maximum absolute atomic E-state index is 13.4. The molecule has 0 fully saturated rings. The third kappa shape index (κ3) is 6.61. The molecule has 1 unspecified atom stereocenters. The van der Waals surface area contributed by atoms with Crippen LogP contribution in [0.3, 0.4) is 0 Å². The molecule has 192 valence electrons. The number of hydrogen-bond donors (Lipinski definition) is 1. The molecule has 0 bridgehead atoms. The summed E-state index contributed by atoms with van der Waals surface area (Å²) < 4.78 is 69.9. The molecule has 0 spiro atoms. The minimum atomic E-state index is -4.22. The molecule has 0 aliphatic heterocycles. The maximum Gasteiger partial charge on any atom is 0.264 e. The number of ether oxygens (including phenoxy) is 1. The van der Waals surface area contributed by atoms with Gasteiger partial charge in [-0.2, -0.15) is 0 Å². The van der Waals surface area contributed by atoms with E-state index in [4.69, 9.17) is 4.74 Å². The molecule has 3 aromatic carbocycles. The van der Waals surface area contributed by atoms with Crippen LogP contribution in [0.25, 0.3) is 0 Å². The van der Waals surface area contributed by atoms with Crippen molar-refractivity contribution in [2.45, 2.75) is 29.7 Å². The number of hydrogen-bond acceptors (Lipinski definition) is 6. The van der Waals surface area contributed by atoms with Crippen molar-refractivity contribution in [3.05, 3.63) is 84.2 Å². The lowest BCUT2D eigenvalue weighted by atomic mass is 10.1. The first kappa shape index (κ1) is 27.2. The number of carbonyl (C=O) groups excluding carboxylic acids is 1. The molecule has 8 nitrogen and oxygen atoms in total. The average Bonchev–Trinajstić information content (AvgIpc) is 2.83. The lowest BCUT2D eigenvalue weighted by Crippen LogP contribution is -2.41. The van der Waals surface area contributed by atoms with Gasteiger partial charge in [0.2, 0.25) is 5.91 Å². The Labute approximate surface area is 210 Å². The van der Waals surface area contributed by atoms with Crippen LogP contribution in [-0.4, -0.2) is 42.2 Å². The first-order valence-corrected chi connectivity index (χ1v) is 14.4. The van der Waals surface area contributed by atoms with Crippen molar-refractivity contribution >= 4 is 31.5 Å². The second kappa shape index (κ2) is 11.1. The summed E-state index contributed by atoms with van der Waals surface area (Å²) in [6.45, 7) is 3.41. The topological polar surface area (TPSA) is 110 Å². The third-order valence-electron chi connectivity index (χ3n) is 5.31. The molecule has 3 rings (SSSR count). The minimum Gasteiger partial charge on any atom is -0.494 e. The van der Waals surface area contributed by atoms with Crippen LogP contribution in [0.4, 0.5) is 10.1 Å². The van der Waals surface area contributed by atoms with E-state index in [1.807, 2.05) is 6.92 Å². The summed E-state index contributed by atoms with van der Waals surface area (Å²) in [5.74, 6) is -0.639. The fourth-order valence-electron chi connectivity index (χ4n) is 3.43. The number of benzene rings is 3. The van der Waals surface area contributed by atoms with Crippen LogP contribution >= 0.6 is 0 Å². The molecule has 3 aromatic rings. The van der Waals surface area contributed by atoms with Crippen molar-refractivity contribution in [1.82, 2.24) is 5.32 Å². The molecule has 0 aromatic heterocycles. The predicted molar refractivity (Wildman–Crippen MR) is 135 cm³/mol. The lowest BCUT2D eigenvalue weighted by molar-refractivity contribution is -0.120. The number of anilines is 1. The molecule has 0 radical (unpaired) electrons. The van der Waals surface area contributed by atoms with E-state index < -0.39 is 44.2 Å². The third-order valence-corrected chi connectivity index (χ3v) is 8.23. The van der Waals surface area contributed by atoms with Crippen LogP contribution in [0.5, 0.6) is 5.75 Å². The molecule has 11 heteroatoms. The molecule has 0 aliphatic rings. The van der Waals surface area contributed by atoms with Crippen molar-refractivity contribution in [2.75, 3.05) is 23.7 Å². The van der Waals surface area contributed by atoms with Crippen LogP contribution in [0.15, 0.2) is 82.6 Å². The summed E-state index contributed by atoms with van der Waals surface area (Å²) in [6, 6.07) is 16.1. The molecular weight excluding hydrogens is 507 g/mol. The van der Waals surface area contributed by atoms with Gasteiger partial charge in [0.05, 0.1) is 28.1 Å². The van der Waals surface area contributed by atoms with Crippen LogP contribution in [0.1, 0.15) is 25.5 Å². The summed E-state index contributed by atoms with van der Waals surface area (Å²) in [6.07, 6.45) is 1.10. The Balaban J connectivity index is 1.86. The highest BCUT2D eigenvalue weighted by Crippen LogP contribution is 2.26. The fraction of sp³-hybridized carbons (Fsp3) is 0.240. The number of sulfone groups is 1. The van der Waals surface area contributed by atoms with Crippen LogP contribution < -0.4 is 14.4 Å². The molecule has 36 heavy (non-hydrogen) atoms. The number of amides is 1. The van der Waals surface area contributed by atoms with E-state index in [9.17, 15) is 26.0 Å². The normalized spacial score (nSPS) is 12.6. The number of rotatable bonds is 10. The number of nitrogens with zero attached hydrogens (tertiary/aromatic N) is 1. The molecule has 0 saturated heterocycles. The molecule has 1 amide bonds. The zero-order valence-corrected chi connectivity index (χ0v) is 21.6. The highest BCUT2D eigenvalue weighted by molar-refractivity contribution is 7.93. The fourth-order valence-corrected chi connectivity index (χ4v) is 5.48. The highest BCUT2D eigenvalue weighted by Gasteiger charge is 2.28. The Kier molecular flexibility index (Phi) is 8.36. The number of carbonyl (C=O) groups is 1. The summed E-state index contributed by atoms with van der Waals surface area (Å²) >= 11 is 0. The maximum atomic E-state index is 13.4. The number of nitrogens with one attached hydrogen (secondary N) is 1. The van der Waals surface area contributed by atoms with Gasteiger partial charge in [0, 0.05) is 6.26 Å². The smallest absolute Gasteiger partial charge is 0.264 e. The van der Waals surface area contributed by atoms with E-state index in [1.165, 1.54) is 24.3 Å². The second-order valence-electron chi connectivity index (χ2n) is 8.02. The van der Waals surface area contributed by atoms with Gasteiger partial charge in [-0.05, 0) is 80.1 Å². The lowest BCUT2D eigenvalue weighted by Gasteiger charge is -2.25. The van der Waals surface area contributed by atoms with E-state index in [1.54, 1.807) is 31.2 Å². The molecular formula is C25H27FN2O6S2. The highest BCUT2D eigenvalue weighted by atomic mass is 32.2. The summed E-state index contributed by atoms with van der Waals surface area (Å²) in [5.41, 5.74) is 0.868. The van der Waals surface area contributed by atoms with Crippen molar-refractivity contribution in [1.29, 1.82) is 0 Å². The Hall–Kier alpha value is -3.44. The summed E-state index contributed by atoms with van der Waals surface area (Å²) in [5, 5.41) is 2.74. The van der Waals surface area contributed by atoms with E-state index in [-0.39, 0.29) is 15.5 Å². The zero-order chi connectivity index (χ0) is 26.5. The van der Waals surface area contributed by atoms with Gasteiger partial charge in [-0.25, -0.2) is 21.2 Å². The summed E-state index contributed by atoms with van der Waals surface area (Å²) in [7, 11) is -7.58. The van der Waals surface area contributed by atoms with Gasteiger partial charge in [-0.3, -0.25) is 9.10 Å². The molecule has 0 saturated carbocycles.